The third-order valence-electron chi connectivity index (χ3n) is 1.90. The van der Waals surface area contributed by atoms with Crippen molar-refractivity contribution in [2.75, 3.05) is 14.1 Å². The molecule has 1 rings (SSSR count). The van der Waals surface area contributed by atoms with Gasteiger partial charge in [-0.3, -0.25) is 10.1 Å². The molecule has 1 atom stereocenters. The summed E-state index contributed by atoms with van der Waals surface area (Å²) in [5, 5.41) is 3.98. The van der Waals surface area contributed by atoms with E-state index in [1.54, 1.807) is 25.2 Å². The van der Waals surface area contributed by atoms with Crippen LogP contribution in [0.4, 0.5) is 0 Å². The molecule has 84 valence electrons. The average Bonchev–Trinajstić information content (AvgIpc) is 2.59. The summed E-state index contributed by atoms with van der Waals surface area (Å²) in [5.41, 5.74) is 0. The highest BCUT2D eigenvalue weighted by Crippen LogP contribution is 2.17. The Kier molecular flexibility index (Phi) is 4.50. The van der Waals surface area contributed by atoms with E-state index < -0.39 is 0 Å². The number of halogens is 1. The van der Waals surface area contributed by atoms with Crippen molar-refractivity contribution < 1.29 is 4.79 Å². The summed E-state index contributed by atoms with van der Waals surface area (Å²) in [6, 6.07) is -0.206. The zero-order chi connectivity index (χ0) is 11.4. The first-order valence-corrected chi connectivity index (χ1v) is 5.75. The topological polar surface area (TPSA) is 45.2 Å². The zero-order valence-corrected chi connectivity index (χ0v) is 10.5. The number of nitrogens with zero attached hydrogens (tertiary/aromatic N) is 2. The summed E-state index contributed by atoms with van der Waals surface area (Å²) in [7, 11) is 3.47. The van der Waals surface area contributed by atoms with Gasteiger partial charge in [-0.05, 0) is 6.92 Å². The molecule has 1 aromatic heterocycles. The van der Waals surface area contributed by atoms with Crippen LogP contribution in [0.1, 0.15) is 11.9 Å². The normalized spacial score (nSPS) is 12.5. The number of hydrogen-bond donors (Lipinski definition) is 1. The van der Waals surface area contributed by atoms with Crippen LogP contribution in [0.15, 0.2) is 6.20 Å². The number of carbonyl (C=O) groups excluding carboxylic acids is 1. The van der Waals surface area contributed by atoms with Gasteiger partial charge in [-0.15, -0.1) is 11.3 Å². The van der Waals surface area contributed by atoms with Gasteiger partial charge in [0.1, 0.15) is 9.34 Å². The number of aromatic nitrogens is 1. The number of amides is 1. The van der Waals surface area contributed by atoms with E-state index in [1.807, 2.05) is 6.92 Å². The van der Waals surface area contributed by atoms with Crippen molar-refractivity contribution in [2.45, 2.75) is 19.5 Å². The molecule has 0 saturated carbocycles. The molecule has 0 fully saturated rings. The summed E-state index contributed by atoms with van der Waals surface area (Å²) >= 11 is 7.16. The lowest BCUT2D eigenvalue weighted by atomic mass is 10.3. The number of carbonyl (C=O) groups is 1. The molecular weight excluding hydrogens is 234 g/mol. The Balaban J connectivity index is 2.40. The smallest absolute Gasteiger partial charge is 0.238 e. The predicted octanol–water partition coefficient (Wildman–Crippen LogP) is 1.36. The second kappa shape index (κ2) is 5.44. The molecule has 15 heavy (non-hydrogen) atoms. The second-order valence-electron chi connectivity index (χ2n) is 3.39. The van der Waals surface area contributed by atoms with Crippen LogP contribution in [-0.2, 0) is 11.3 Å². The Labute approximate surface area is 98.3 Å². The van der Waals surface area contributed by atoms with Crippen molar-refractivity contribution in [2.24, 2.45) is 0 Å². The monoisotopic (exact) mass is 247 g/mol. The van der Waals surface area contributed by atoms with Gasteiger partial charge in [0.25, 0.3) is 0 Å². The Hall–Kier alpha value is -0.650. The van der Waals surface area contributed by atoms with Crippen molar-refractivity contribution in [3.05, 3.63) is 15.5 Å². The molecule has 0 radical (unpaired) electrons. The maximum Gasteiger partial charge on any atom is 0.238 e. The molecule has 1 aromatic rings. The third-order valence-corrected chi connectivity index (χ3v) is 3.01. The lowest BCUT2D eigenvalue weighted by molar-refractivity contribution is -0.130. The molecule has 6 heteroatoms. The first-order chi connectivity index (χ1) is 7.00. The predicted molar refractivity (Wildman–Crippen MR) is 62.1 cm³/mol. The molecule has 4 nitrogen and oxygen atoms in total. The highest BCUT2D eigenvalue weighted by atomic mass is 35.5. The molecule has 0 aromatic carbocycles. The Morgan fingerprint density at radius 3 is 2.87 bits per heavy atom. The minimum absolute atomic E-state index is 0.0534. The summed E-state index contributed by atoms with van der Waals surface area (Å²) in [4.78, 5) is 17.1. The van der Waals surface area contributed by atoms with Gasteiger partial charge >= 0.3 is 0 Å². The number of likely N-dealkylation sites (N-methyl/N-ethyl adjacent to an activating group) is 1. The Morgan fingerprint density at radius 1 is 1.73 bits per heavy atom. The summed E-state index contributed by atoms with van der Waals surface area (Å²) < 4.78 is 0.665. The van der Waals surface area contributed by atoms with E-state index in [2.05, 4.69) is 10.3 Å². The molecule has 0 aliphatic carbocycles. The Morgan fingerprint density at radius 2 is 2.40 bits per heavy atom. The summed E-state index contributed by atoms with van der Waals surface area (Å²) in [5.74, 6) is 0.0534. The van der Waals surface area contributed by atoms with Gasteiger partial charge in [0.05, 0.1) is 12.2 Å². The molecule has 0 spiro atoms. The van der Waals surface area contributed by atoms with Crippen LogP contribution in [0.5, 0.6) is 0 Å². The lowest BCUT2D eigenvalue weighted by Crippen LogP contribution is -2.41. The second-order valence-corrected chi connectivity index (χ2v) is 5.14. The van der Waals surface area contributed by atoms with E-state index in [0.29, 0.717) is 10.9 Å². The lowest BCUT2D eigenvalue weighted by Gasteiger charge is -2.17. The van der Waals surface area contributed by atoms with E-state index in [4.69, 9.17) is 11.6 Å². The summed E-state index contributed by atoms with van der Waals surface area (Å²) in [6.45, 7) is 2.40. The fourth-order valence-electron chi connectivity index (χ4n) is 1.08. The molecule has 1 N–H and O–H groups in total. The maximum absolute atomic E-state index is 11.5. The van der Waals surface area contributed by atoms with Crippen LogP contribution in [0.3, 0.4) is 0 Å². The molecule has 0 aliphatic heterocycles. The molecule has 1 unspecified atom stereocenters. The summed E-state index contributed by atoms with van der Waals surface area (Å²) in [6.07, 6.45) is 1.61. The van der Waals surface area contributed by atoms with E-state index in [1.165, 1.54) is 11.3 Å². The van der Waals surface area contributed by atoms with Gasteiger partial charge < -0.3 is 4.90 Å². The van der Waals surface area contributed by atoms with Crippen LogP contribution in [-0.4, -0.2) is 35.9 Å². The van der Waals surface area contributed by atoms with Gasteiger partial charge in [0.2, 0.25) is 5.91 Å². The van der Waals surface area contributed by atoms with Gasteiger partial charge in [0.15, 0.2) is 0 Å². The van der Waals surface area contributed by atoms with Crippen molar-refractivity contribution in [3.8, 4) is 0 Å². The van der Waals surface area contributed by atoms with Crippen molar-refractivity contribution in [3.63, 3.8) is 0 Å². The van der Waals surface area contributed by atoms with E-state index in [-0.39, 0.29) is 11.9 Å². The fraction of sp³-hybridized carbons (Fsp3) is 0.556. The van der Waals surface area contributed by atoms with Crippen LogP contribution in [0, 0.1) is 0 Å². The molecule has 0 saturated heterocycles. The molecular formula is C9H14ClN3OS. The number of hydrogen-bond acceptors (Lipinski definition) is 4. The fourth-order valence-corrected chi connectivity index (χ4v) is 1.99. The minimum Gasteiger partial charge on any atom is -0.347 e. The van der Waals surface area contributed by atoms with Gasteiger partial charge in [0, 0.05) is 20.6 Å². The van der Waals surface area contributed by atoms with E-state index >= 15 is 0 Å². The van der Waals surface area contributed by atoms with Crippen molar-refractivity contribution in [1.82, 2.24) is 15.2 Å². The van der Waals surface area contributed by atoms with Gasteiger partial charge in [-0.2, -0.15) is 0 Å². The number of thiazole rings is 1. The standard InChI is InChI=1S/C9H14ClN3OS/c1-6(9(14)13(2)3)11-5-8-12-4-7(10)15-8/h4,6,11H,5H2,1-3H3. The highest BCUT2D eigenvalue weighted by molar-refractivity contribution is 7.15. The quantitative estimate of drug-likeness (QED) is 0.874. The van der Waals surface area contributed by atoms with E-state index in [9.17, 15) is 4.79 Å². The maximum atomic E-state index is 11.5. The molecule has 1 heterocycles. The largest absolute Gasteiger partial charge is 0.347 e. The van der Waals surface area contributed by atoms with Crippen LogP contribution >= 0.6 is 22.9 Å². The first-order valence-electron chi connectivity index (χ1n) is 4.55. The minimum atomic E-state index is -0.206. The first kappa shape index (κ1) is 12.4. The van der Waals surface area contributed by atoms with Gasteiger partial charge in [-0.1, -0.05) is 11.6 Å². The number of rotatable bonds is 4. The van der Waals surface area contributed by atoms with Crippen molar-refractivity contribution in [1.29, 1.82) is 0 Å². The Bertz CT molecular complexity index is 340. The molecule has 0 aliphatic rings. The van der Waals surface area contributed by atoms with Crippen LogP contribution < -0.4 is 5.32 Å². The highest BCUT2D eigenvalue weighted by Gasteiger charge is 2.14. The molecule has 1 amide bonds. The van der Waals surface area contributed by atoms with Crippen LogP contribution in [0.25, 0.3) is 0 Å². The SMILES string of the molecule is CC(NCc1ncc(Cl)s1)C(=O)N(C)C. The average molecular weight is 248 g/mol. The molecule has 0 bridgehead atoms. The number of nitrogens with one attached hydrogen (secondary N) is 1. The third kappa shape index (κ3) is 3.77. The van der Waals surface area contributed by atoms with Gasteiger partial charge in [-0.25, -0.2) is 4.98 Å². The van der Waals surface area contributed by atoms with Crippen molar-refractivity contribution >= 4 is 28.8 Å². The zero-order valence-electron chi connectivity index (χ0n) is 8.95. The van der Waals surface area contributed by atoms with E-state index in [0.717, 1.165) is 5.01 Å². The van der Waals surface area contributed by atoms with Crippen LogP contribution in [0.2, 0.25) is 4.34 Å².